The van der Waals surface area contributed by atoms with Gasteiger partial charge in [-0.3, -0.25) is 0 Å². The van der Waals surface area contributed by atoms with Crippen molar-refractivity contribution in [1.29, 1.82) is 0 Å². The number of halogens is 1. The minimum atomic E-state index is -3.70. The Morgan fingerprint density at radius 3 is 2.48 bits per heavy atom. The van der Waals surface area contributed by atoms with Crippen molar-refractivity contribution >= 4 is 10.0 Å². The molecule has 0 saturated carbocycles. The van der Waals surface area contributed by atoms with E-state index in [2.05, 4.69) is 10.3 Å². The molecular formula is C21H23FN4O2S. The number of imidazole rings is 1. The van der Waals surface area contributed by atoms with Gasteiger partial charge in [0, 0.05) is 44.8 Å². The highest BCUT2D eigenvalue weighted by Crippen LogP contribution is 2.31. The standard InChI is InChI=1S/C21H23FN4O2S/c1-25-14-21(24-15-25)29(27,28)26-12-19(17-7-9-18(22)10-8-17)20(13-26)23-11-16-5-3-2-4-6-16/h2-10,14-15,19-20,23H,11-13H2,1H3. The molecule has 1 aliphatic rings. The van der Waals surface area contributed by atoms with Gasteiger partial charge in [-0.05, 0) is 23.3 Å². The molecular weight excluding hydrogens is 391 g/mol. The molecule has 2 atom stereocenters. The van der Waals surface area contributed by atoms with Gasteiger partial charge in [-0.2, -0.15) is 4.31 Å². The van der Waals surface area contributed by atoms with E-state index < -0.39 is 10.0 Å². The summed E-state index contributed by atoms with van der Waals surface area (Å²) in [5.74, 6) is -0.392. The maximum atomic E-state index is 13.4. The third kappa shape index (κ3) is 4.24. The van der Waals surface area contributed by atoms with Crippen molar-refractivity contribution in [2.24, 2.45) is 7.05 Å². The van der Waals surface area contributed by atoms with Crippen molar-refractivity contribution in [2.45, 2.75) is 23.5 Å². The Morgan fingerprint density at radius 2 is 1.83 bits per heavy atom. The van der Waals surface area contributed by atoms with E-state index in [9.17, 15) is 12.8 Å². The molecule has 2 heterocycles. The average molecular weight is 415 g/mol. The van der Waals surface area contributed by atoms with E-state index in [0.717, 1.165) is 11.1 Å². The molecule has 6 nitrogen and oxygen atoms in total. The van der Waals surface area contributed by atoms with Crippen LogP contribution in [-0.2, 0) is 23.6 Å². The second kappa shape index (κ2) is 8.06. The maximum Gasteiger partial charge on any atom is 0.262 e. The lowest BCUT2D eigenvalue weighted by molar-refractivity contribution is 0.454. The summed E-state index contributed by atoms with van der Waals surface area (Å²) in [6.45, 7) is 1.27. The van der Waals surface area contributed by atoms with Crippen molar-refractivity contribution in [1.82, 2.24) is 19.2 Å². The van der Waals surface area contributed by atoms with Crippen LogP contribution in [0.1, 0.15) is 17.0 Å². The zero-order chi connectivity index (χ0) is 20.4. The van der Waals surface area contributed by atoms with Crippen LogP contribution in [-0.4, -0.2) is 41.4 Å². The SMILES string of the molecule is Cn1cnc(S(=O)(=O)N2CC(NCc3ccccc3)C(c3ccc(F)cc3)C2)c1. The Morgan fingerprint density at radius 1 is 1.10 bits per heavy atom. The highest BCUT2D eigenvalue weighted by Gasteiger charge is 2.40. The first-order chi connectivity index (χ1) is 13.9. The van der Waals surface area contributed by atoms with Gasteiger partial charge in [0.05, 0.1) is 6.33 Å². The van der Waals surface area contributed by atoms with Gasteiger partial charge in [0.1, 0.15) is 5.82 Å². The average Bonchev–Trinajstić information content (AvgIpc) is 3.35. The van der Waals surface area contributed by atoms with E-state index in [4.69, 9.17) is 0 Å². The molecule has 1 aromatic heterocycles. The number of hydrogen-bond acceptors (Lipinski definition) is 4. The van der Waals surface area contributed by atoms with E-state index in [1.165, 1.54) is 29.0 Å². The van der Waals surface area contributed by atoms with Crippen LogP contribution in [0.4, 0.5) is 4.39 Å². The third-order valence-corrected chi connectivity index (χ3v) is 7.00. The molecule has 29 heavy (non-hydrogen) atoms. The van der Waals surface area contributed by atoms with Crippen LogP contribution in [0.15, 0.2) is 72.1 Å². The van der Waals surface area contributed by atoms with Gasteiger partial charge in [0.25, 0.3) is 10.0 Å². The van der Waals surface area contributed by atoms with Gasteiger partial charge in [-0.1, -0.05) is 42.5 Å². The smallest absolute Gasteiger partial charge is 0.262 e. The molecule has 1 N–H and O–H groups in total. The van der Waals surface area contributed by atoms with Gasteiger partial charge < -0.3 is 9.88 Å². The van der Waals surface area contributed by atoms with Crippen LogP contribution in [0.25, 0.3) is 0 Å². The van der Waals surface area contributed by atoms with Crippen LogP contribution in [0.5, 0.6) is 0 Å². The van der Waals surface area contributed by atoms with E-state index in [1.54, 1.807) is 23.7 Å². The Bertz CT molecular complexity index is 1070. The quantitative estimate of drug-likeness (QED) is 0.673. The summed E-state index contributed by atoms with van der Waals surface area (Å²) >= 11 is 0. The van der Waals surface area contributed by atoms with Crippen molar-refractivity contribution in [3.8, 4) is 0 Å². The number of sulfonamides is 1. The van der Waals surface area contributed by atoms with Crippen LogP contribution in [0, 0.1) is 5.82 Å². The van der Waals surface area contributed by atoms with Crippen molar-refractivity contribution in [3.05, 3.63) is 84.1 Å². The van der Waals surface area contributed by atoms with Crippen molar-refractivity contribution < 1.29 is 12.8 Å². The van der Waals surface area contributed by atoms with Gasteiger partial charge in [-0.15, -0.1) is 0 Å². The molecule has 0 radical (unpaired) electrons. The number of hydrogen-bond donors (Lipinski definition) is 1. The predicted octanol–water partition coefficient (Wildman–Crippen LogP) is 2.51. The molecule has 8 heteroatoms. The summed E-state index contributed by atoms with van der Waals surface area (Å²) in [5, 5.41) is 3.54. The number of rotatable bonds is 6. The molecule has 0 aliphatic carbocycles. The van der Waals surface area contributed by atoms with Crippen LogP contribution in [0.3, 0.4) is 0 Å². The second-order valence-electron chi connectivity index (χ2n) is 7.33. The first-order valence-electron chi connectivity index (χ1n) is 9.44. The minimum Gasteiger partial charge on any atom is -0.339 e. The topological polar surface area (TPSA) is 67.2 Å². The van der Waals surface area contributed by atoms with Crippen LogP contribution >= 0.6 is 0 Å². The molecule has 152 valence electrons. The first-order valence-corrected chi connectivity index (χ1v) is 10.9. The number of nitrogens with one attached hydrogen (secondary N) is 1. The van der Waals surface area contributed by atoms with Gasteiger partial charge >= 0.3 is 0 Å². The zero-order valence-electron chi connectivity index (χ0n) is 16.1. The normalized spacial score (nSPS) is 20.2. The molecule has 1 aliphatic heterocycles. The number of aryl methyl sites for hydroxylation is 1. The molecule has 2 aromatic carbocycles. The largest absolute Gasteiger partial charge is 0.339 e. The minimum absolute atomic E-state index is 0.0431. The summed E-state index contributed by atoms with van der Waals surface area (Å²) in [7, 11) is -1.96. The lowest BCUT2D eigenvalue weighted by atomic mass is 9.94. The monoisotopic (exact) mass is 414 g/mol. The number of aromatic nitrogens is 2. The van der Waals surface area contributed by atoms with Gasteiger partial charge in [0.2, 0.25) is 0 Å². The molecule has 3 aromatic rings. The molecule has 0 spiro atoms. The number of nitrogens with zero attached hydrogens (tertiary/aromatic N) is 3. The van der Waals surface area contributed by atoms with E-state index in [0.29, 0.717) is 19.6 Å². The molecule has 1 fully saturated rings. The summed E-state index contributed by atoms with van der Waals surface area (Å²) in [5.41, 5.74) is 2.03. The fraction of sp³-hybridized carbons (Fsp3) is 0.286. The summed E-state index contributed by atoms with van der Waals surface area (Å²) in [4.78, 5) is 4.02. The molecule has 4 rings (SSSR count). The molecule has 2 unspecified atom stereocenters. The third-order valence-electron chi connectivity index (χ3n) is 5.28. The second-order valence-corrected chi connectivity index (χ2v) is 9.22. The lowest BCUT2D eigenvalue weighted by Crippen LogP contribution is -2.36. The van der Waals surface area contributed by atoms with Crippen molar-refractivity contribution in [2.75, 3.05) is 13.1 Å². The van der Waals surface area contributed by atoms with E-state index in [1.807, 2.05) is 30.3 Å². The Hall–Kier alpha value is -2.55. The van der Waals surface area contributed by atoms with E-state index in [-0.39, 0.29) is 22.8 Å². The summed E-state index contributed by atoms with van der Waals surface area (Å²) < 4.78 is 42.6. The number of benzene rings is 2. The molecule has 0 bridgehead atoms. The molecule has 0 amide bonds. The van der Waals surface area contributed by atoms with Gasteiger partial charge in [-0.25, -0.2) is 17.8 Å². The first kappa shape index (κ1) is 19.8. The summed E-state index contributed by atoms with van der Waals surface area (Å²) in [6.07, 6.45) is 2.98. The zero-order valence-corrected chi connectivity index (χ0v) is 16.9. The van der Waals surface area contributed by atoms with Crippen LogP contribution < -0.4 is 5.32 Å². The lowest BCUT2D eigenvalue weighted by Gasteiger charge is -2.20. The van der Waals surface area contributed by atoms with Crippen LogP contribution in [0.2, 0.25) is 0 Å². The maximum absolute atomic E-state index is 13.4. The fourth-order valence-corrected chi connectivity index (χ4v) is 5.18. The van der Waals surface area contributed by atoms with Gasteiger partial charge in [0.15, 0.2) is 5.03 Å². The highest BCUT2D eigenvalue weighted by molar-refractivity contribution is 7.89. The summed E-state index contributed by atoms with van der Waals surface area (Å²) in [6, 6.07) is 16.2. The fourth-order valence-electron chi connectivity index (χ4n) is 3.72. The Balaban J connectivity index is 1.59. The van der Waals surface area contributed by atoms with Crippen molar-refractivity contribution in [3.63, 3.8) is 0 Å². The predicted molar refractivity (Wildman–Crippen MR) is 108 cm³/mol. The van der Waals surface area contributed by atoms with E-state index >= 15 is 0 Å². The highest BCUT2D eigenvalue weighted by atomic mass is 32.2. The Kier molecular flexibility index (Phi) is 5.49. The molecule has 1 saturated heterocycles. The Labute approximate surface area is 170 Å².